The standard InChI is InChI=1S/C17H28N2O2/c1-3-20-16-6-8-19(9-7-16)12-17-10-14(13(2)21-17)11-18-15-4-5-15/h10,15-16,18H,3-9,11-12H2,1-2H3. The Morgan fingerprint density at radius 1 is 1.29 bits per heavy atom. The SMILES string of the molecule is CCOC1CCN(Cc2cc(CNC3CC3)c(C)o2)CC1. The van der Waals surface area contributed by atoms with Gasteiger partial charge in [0.25, 0.3) is 0 Å². The molecule has 0 unspecified atom stereocenters. The maximum absolute atomic E-state index is 5.93. The molecule has 0 aromatic carbocycles. The van der Waals surface area contributed by atoms with Crippen molar-refractivity contribution in [1.29, 1.82) is 0 Å². The van der Waals surface area contributed by atoms with Gasteiger partial charge < -0.3 is 14.5 Å². The van der Waals surface area contributed by atoms with Crippen molar-refractivity contribution in [3.63, 3.8) is 0 Å². The first kappa shape index (κ1) is 15.1. The molecule has 0 atom stereocenters. The summed E-state index contributed by atoms with van der Waals surface area (Å²) < 4.78 is 11.6. The average Bonchev–Trinajstić information content (AvgIpc) is 3.24. The number of piperidine rings is 1. The van der Waals surface area contributed by atoms with E-state index < -0.39 is 0 Å². The summed E-state index contributed by atoms with van der Waals surface area (Å²) in [5.41, 5.74) is 1.32. The van der Waals surface area contributed by atoms with Gasteiger partial charge in [-0.1, -0.05) is 0 Å². The van der Waals surface area contributed by atoms with Gasteiger partial charge in [-0.3, -0.25) is 4.90 Å². The Morgan fingerprint density at radius 3 is 2.71 bits per heavy atom. The lowest BCUT2D eigenvalue weighted by Crippen LogP contribution is -2.36. The Balaban J connectivity index is 1.47. The van der Waals surface area contributed by atoms with Crippen molar-refractivity contribution >= 4 is 0 Å². The fourth-order valence-electron chi connectivity index (χ4n) is 3.07. The molecule has 2 heterocycles. The first-order valence-electron chi connectivity index (χ1n) is 8.40. The molecule has 21 heavy (non-hydrogen) atoms. The van der Waals surface area contributed by atoms with E-state index in [1.165, 1.54) is 18.4 Å². The first-order chi connectivity index (χ1) is 10.2. The molecule has 1 aliphatic heterocycles. The van der Waals surface area contributed by atoms with Gasteiger partial charge in [-0.2, -0.15) is 0 Å². The Kier molecular flexibility index (Phi) is 4.99. The van der Waals surface area contributed by atoms with E-state index in [1.807, 2.05) is 0 Å². The second-order valence-electron chi connectivity index (χ2n) is 6.38. The van der Waals surface area contributed by atoms with Gasteiger partial charge >= 0.3 is 0 Å². The van der Waals surface area contributed by atoms with Crippen molar-refractivity contribution in [3.05, 3.63) is 23.2 Å². The normalized spacial score (nSPS) is 21.0. The first-order valence-corrected chi connectivity index (χ1v) is 8.40. The molecular weight excluding hydrogens is 264 g/mol. The van der Waals surface area contributed by atoms with Crippen LogP contribution >= 0.6 is 0 Å². The van der Waals surface area contributed by atoms with Crippen molar-refractivity contribution in [3.8, 4) is 0 Å². The molecule has 4 nitrogen and oxygen atoms in total. The molecule has 2 fully saturated rings. The highest BCUT2D eigenvalue weighted by Crippen LogP contribution is 2.22. The Labute approximate surface area is 127 Å². The number of furan rings is 1. The lowest BCUT2D eigenvalue weighted by molar-refractivity contribution is 0.0112. The molecule has 0 spiro atoms. The lowest BCUT2D eigenvalue weighted by atomic mass is 10.1. The number of ether oxygens (including phenoxy) is 1. The van der Waals surface area contributed by atoms with E-state index in [0.717, 1.165) is 63.2 Å². The largest absolute Gasteiger partial charge is 0.465 e. The minimum Gasteiger partial charge on any atom is -0.465 e. The molecule has 0 bridgehead atoms. The lowest BCUT2D eigenvalue weighted by Gasteiger charge is -2.31. The molecule has 118 valence electrons. The molecule has 1 saturated carbocycles. The number of hydrogen-bond donors (Lipinski definition) is 1. The molecule has 4 heteroatoms. The van der Waals surface area contributed by atoms with Crippen LogP contribution in [0.1, 0.15) is 49.7 Å². The third-order valence-corrected chi connectivity index (χ3v) is 4.55. The zero-order valence-corrected chi connectivity index (χ0v) is 13.4. The van der Waals surface area contributed by atoms with Gasteiger partial charge in [0, 0.05) is 37.8 Å². The highest BCUT2D eigenvalue weighted by molar-refractivity contribution is 5.21. The minimum atomic E-state index is 0.461. The predicted octanol–water partition coefficient (Wildman–Crippen LogP) is 2.84. The van der Waals surface area contributed by atoms with Crippen LogP contribution in [-0.4, -0.2) is 36.7 Å². The Bertz CT molecular complexity index is 446. The van der Waals surface area contributed by atoms with Gasteiger partial charge in [0.15, 0.2) is 0 Å². The summed E-state index contributed by atoms with van der Waals surface area (Å²) in [6.07, 6.45) is 5.41. The third kappa shape index (κ3) is 4.31. The second-order valence-corrected chi connectivity index (χ2v) is 6.38. The van der Waals surface area contributed by atoms with Gasteiger partial charge in [0.2, 0.25) is 0 Å². The molecule has 0 amide bonds. The van der Waals surface area contributed by atoms with Gasteiger partial charge in [0.1, 0.15) is 11.5 Å². The topological polar surface area (TPSA) is 37.6 Å². The highest BCUT2D eigenvalue weighted by atomic mass is 16.5. The number of likely N-dealkylation sites (tertiary alicyclic amines) is 1. The van der Waals surface area contributed by atoms with Crippen LogP contribution in [0.4, 0.5) is 0 Å². The quantitative estimate of drug-likeness (QED) is 0.838. The van der Waals surface area contributed by atoms with E-state index in [0.29, 0.717) is 6.10 Å². The minimum absolute atomic E-state index is 0.461. The summed E-state index contributed by atoms with van der Waals surface area (Å²) in [6.45, 7) is 9.10. The second kappa shape index (κ2) is 6.95. The fraction of sp³-hybridized carbons (Fsp3) is 0.765. The van der Waals surface area contributed by atoms with E-state index in [2.05, 4.69) is 30.1 Å². The molecule has 1 aliphatic carbocycles. The van der Waals surface area contributed by atoms with Crippen LogP contribution in [0.2, 0.25) is 0 Å². The number of hydrogen-bond acceptors (Lipinski definition) is 4. The van der Waals surface area contributed by atoms with Gasteiger partial charge in [-0.05, 0) is 45.6 Å². The van der Waals surface area contributed by atoms with Crippen LogP contribution in [-0.2, 0) is 17.8 Å². The van der Waals surface area contributed by atoms with E-state index in [1.54, 1.807) is 0 Å². The van der Waals surface area contributed by atoms with Gasteiger partial charge in [0.05, 0.1) is 12.6 Å². The number of nitrogens with zero attached hydrogens (tertiary/aromatic N) is 1. The number of rotatable bonds is 7. The summed E-state index contributed by atoms with van der Waals surface area (Å²) in [5, 5.41) is 3.56. The average molecular weight is 292 g/mol. The Hall–Kier alpha value is -0.840. The summed E-state index contributed by atoms with van der Waals surface area (Å²) in [7, 11) is 0. The third-order valence-electron chi connectivity index (χ3n) is 4.55. The number of aryl methyl sites for hydroxylation is 1. The van der Waals surface area contributed by atoms with Crippen molar-refractivity contribution in [2.75, 3.05) is 19.7 Å². The zero-order chi connectivity index (χ0) is 14.7. The maximum atomic E-state index is 5.93. The van der Waals surface area contributed by atoms with Crippen LogP contribution in [0.3, 0.4) is 0 Å². The zero-order valence-electron chi connectivity index (χ0n) is 13.4. The summed E-state index contributed by atoms with van der Waals surface area (Å²) in [4.78, 5) is 2.48. The van der Waals surface area contributed by atoms with E-state index in [4.69, 9.17) is 9.15 Å². The molecule has 3 rings (SSSR count). The van der Waals surface area contributed by atoms with Crippen molar-refractivity contribution < 1.29 is 9.15 Å². The molecule has 1 aromatic heterocycles. The van der Waals surface area contributed by atoms with Gasteiger partial charge in [-0.15, -0.1) is 0 Å². The van der Waals surface area contributed by atoms with Crippen LogP contribution in [0.5, 0.6) is 0 Å². The van der Waals surface area contributed by atoms with Crippen LogP contribution in [0.15, 0.2) is 10.5 Å². The molecule has 1 N–H and O–H groups in total. The predicted molar refractivity (Wildman–Crippen MR) is 83.2 cm³/mol. The van der Waals surface area contributed by atoms with E-state index >= 15 is 0 Å². The molecule has 2 aliphatic rings. The Morgan fingerprint density at radius 2 is 2.05 bits per heavy atom. The highest BCUT2D eigenvalue weighted by Gasteiger charge is 2.22. The smallest absolute Gasteiger partial charge is 0.118 e. The molecule has 1 saturated heterocycles. The van der Waals surface area contributed by atoms with Crippen LogP contribution in [0, 0.1) is 6.92 Å². The summed E-state index contributed by atoms with van der Waals surface area (Å²) in [5.74, 6) is 2.18. The van der Waals surface area contributed by atoms with Crippen molar-refractivity contribution in [2.45, 2.75) is 64.8 Å². The molecule has 1 aromatic rings. The van der Waals surface area contributed by atoms with Crippen LogP contribution in [0.25, 0.3) is 0 Å². The fourth-order valence-corrected chi connectivity index (χ4v) is 3.07. The van der Waals surface area contributed by atoms with E-state index in [9.17, 15) is 0 Å². The number of nitrogens with one attached hydrogen (secondary N) is 1. The summed E-state index contributed by atoms with van der Waals surface area (Å²) in [6, 6.07) is 2.99. The molecule has 0 radical (unpaired) electrons. The van der Waals surface area contributed by atoms with Crippen LogP contribution < -0.4 is 5.32 Å². The maximum Gasteiger partial charge on any atom is 0.118 e. The van der Waals surface area contributed by atoms with E-state index in [-0.39, 0.29) is 0 Å². The van der Waals surface area contributed by atoms with Gasteiger partial charge in [-0.25, -0.2) is 0 Å². The summed E-state index contributed by atoms with van der Waals surface area (Å²) >= 11 is 0. The monoisotopic (exact) mass is 292 g/mol. The van der Waals surface area contributed by atoms with Crippen molar-refractivity contribution in [2.24, 2.45) is 0 Å². The molecular formula is C17H28N2O2. The van der Waals surface area contributed by atoms with Crippen molar-refractivity contribution in [1.82, 2.24) is 10.2 Å².